The molecule has 0 unspecified atom stereocenters. The number of nitrogens with zero attached hydrogens (tertiary/aromatic N) is 3. The van der Waals surface area contributed by atoms with Crippen molar-refractivity contribution in [3.63, 3.8) is 0 Å². The molecule has 0 bridgehead atoms. The van der Waals surface area contributed by atoms with E-state index in [1.807, 2.05) is 56.7 Å². The van der Waals surface area contributed by atoms with Crippen molar-refractivity contribution >= 4 is 33.9 Å². The van der Waals surface area contributed by atoms with Gasteiger partial charge in [0.2, 0.25) is 5.91 Å². The second-order valence-electron chi connectivity index (χ2n) is 7.47. The van der Waals surface area contributed by atoms with Crippen molar-refractivity contribution in [2.45, 2.75) is 33.9 Å². The van der Waals surface area contributed by atoms with E-state index in [-0.39, 0.29) is 35.8 Å². The standard InChI is InChI=1S/C22H23N3O4S/c1-12-13(2)21(27)14(3)19-20(12)24(4)17(23-19)10-29-16-7-5-15(6-8-16)9-25-18(26)11-30-22(25)28/h5-8,27H,9-11H2,1-4H3. The third-order valence-electron chi connectivity index (χ3n) is 5.64. The number of benzene rings is 2. The molecule has 2 amide bonds. The van der Waals surface area contributed by atoms with Gasteiger partial charge in [-0.25, -0.2) is 4.98 Å². The Morgan fingerprint density at radius 3 is 2.43 bits per heavy atom. The molecule has 7 nitrogen and oxygen atoms in total. The molecule has 1 N–H and O–H groups in total. The second-order valence-corrected chi connectivity index (χ2v) is 8.40. The summed E-state index contributed by atoms with van der Waals surface area (Å²) in [6.07, 6.45) is 0. The van der Waals surface area contributed by atoms with Gasteiger partial charge in [0.25, 0.3) is 5.24 Å². The molecule has 1 saturated heterocycles. The van der Waals surface area contributed by atoms with E-state index in [9.17, 15) is 14.7 Å². The maximum atomic E-state index is 11.7. The lowest BCUT2D eigenvalue weighted by molar-refractivity contribution is -0.125. The number of rotatable bonds is 5. The summed E-state index contributed by atoms with van der Waals surface area (Å²) >= 11 is 1.04. The smallest absolute Gasteiger partial charge is 0.289 e. The number of fused-ring (bicyclic) bond motifs is 1. The number of imidazole rings is 1. The summed E-state index contributed by atoms with van der Waals surface area (Å²) in [6.45, 7) is 6.31. The van der Waals surface area contributed by atoms with E-state index < -0.39 is 0 Å². The SMILES string of the molecule is Cc1c(O)c(C)c2nc(COc3ccc(CN4C(=O)CSC4=O)cc3)n(C)c2c1C. The number of amides is 2. The lowest BCUT2D eigenvalue weighted by atomic mass is 10.0. The molecule has 0 aliphatic carbocycles. The van der Waals surface area contributed by atoms with Gasteiger partial charge in [-0.2, -0.15) is 0 Å². The Morgan fingerprint density at radius 2 is 1.80 bits per heavy atom. The predicted octanol–water partition coefficient (Wildman–Crippen LogP) is 3.98. The first-order valence-electron chi connectivity index (χ1n) is 9.60. The van der Waals surface area contributed by atoms with Crippen molar-refractivity contribution in [3.05, 3.63) is 52.3 Å². The lowest BCUT2D eigenvalue weighted by Crippen LogP contribution is -2.27. The third-order valence-corrected chi connectivity index (χ3v) is 6.50. The number of hydrogen-bond acceptors (Lipinski definition) is 6. The summed E-state index contributed by atoms with van der Waals surface area (Å²) in [5.74, 6) is 1.78. The number of carbonyl (C=O) groups is 2. The zero-order valence-corrected chi connectivity index (χ0v) is 18.2. The van der Waals surface area contributed by atoms with Crippen LogP contribution in [0.4, 0.5) is 4.79 Å². The average Bonchev–Trinajstić information content (AvgIpc) is 3.24. The van der Waals surface area contributed by atoms with E-state index in [0.717, 1.165) is 50.9 Å². The van der Waals surface area contributed by atoms with E-state index in [0.29, 0.717) is 5.75 Å². The van der Waals surface area contributed by atoms with Gasteiger partial charge in [-0.15, -0.1) is 0 Å². The molecule has 1 aliphatic heterocycles. The minimum Gasteiger partial charge on any atom is -0.507 e. The van der Waals surface area contributed by atoms with Crippen molar-refractivity contribution in [2.75, 3.05) is 5.75 Å². The third kappa shape index (κ3) is 3.41. The van der Waals surface area contributed by atoms with E-state index in [4.69, 9.17) is 4.74 Å². The Kier molecular flexibility index (Phi) is 5.19. The molecule has 0 spiro atoms. The topological polar surface area (TPSA) is 84.7 Å². The fraction of sp³-hybridized carbons (Fsp3) is 0.318. The normalized spacial score (nSPS) is 14.2. The van der Waals surface area contributed by atoms with Gasteiger partial charge in [0, 0.05) is 12.6 Å². The Balaban J connectivity index is 1.50. The predicted molar refractivity (Wildman–Crippen MR) is 116 cm³/mol. The summed E-state index contributed by atoms with van der Waals surface area (Å²) in [5.41, 5.74) is 5.27. The van der Waals surface area contributed by atoms with Crippen LogP contribution in [-0.4, -0.2) is 36.5 Å². The number of aryl methyl sites for hydroxylation is 3. The summed E-state index contributed by atoms with van der Waals surface area (Å²) in [4.78, 5) is 29.4. The average molecular weight is 426 g/mol. The molecule has 0 radical (unpaired) electrons. The van der Waals surface area contributed by atoms with Gasteiger partial charge < -0.3 is 14.4 Å². The quantitative estimate of drug-likeness (QED) is 0.666. The zero-order valence-electron chi connectivity index (χ0n) is 17.4. The van der Waals surface area contributed by atoms with E-state index in [1.54, 1.807) is 0 Å². The van der Waals surface area contributed by atoms with Gasteiger partial charge >= 0.3 is 0 Å². The highest BCUT2D eigenvalue weighted by atomic mass is 32.2. The van der Waals surface area contributed by atoms with Crippen LogP contribution in [0, 0.1) is 20.8 Å². The van der Waals surface area contributed by atoms with Crippen LogP contribution in [0.3, 0.4) is 0 Å². The molecular weight excluding hydrogens is 402 g/mol. The fourth-order valence-electron chi connectivity index (χ4n) is 3.67. The van der Waals surface area contributed by atoms with Gasteiger partial charge in [-0.1, -0.05) is 23.9 Å². The molecular formula is C22H23N3O4S. The number of aromatic nitrogens is 2. The molecule has 156 valence electrons. The number of phenols is 1. The Hall–Kier alpha value is -3.00. The van der Waals surface area contributed by atoms with E-state index in [1.165, 1.54) is 4.90 Å². The first kappa shape index (κ1) is 20.3. The van der Waals surface area contributed by atoms with Crippen molar-refractivity contribution in [1.29, 1.82) is 0 Å². The van der Waals surface area contributed by atoms with Crippen LogP contribution < -0.4 is 4.74 Å². The van der Waals surface area contributed by atoms with Crippen molar-refractivity contribution in [3.8, 4) is 11.5 Å². The second kappa shape index (κ2) is 7.68. The largest absolute Gasteiger partial charge is 0.507 e. The molecule has 30 heavy (non-hydrogen) atoms. The lowest BCUT2D eigenvalue weighted by Gasteiger charge is -2.13. The summed E-state index contributed by atoms with van der Waals surface area (Å²) in [5, 5.41) is 10.1. The fourth-order valence-corrected chi connectivity index (χ4v) is 4.39. The highest BCUT2D eigenvalue weighted by Crippen LogP contribution is 2.34. The first-order valence-corrected chi connectivity index (χ1v) is 10.6. The summed E-state index contributed by atoms with van der Waals surface area (Å²) < 4.78 is 7.91. The molecule has 2 heterocycles. The van der Waals surface area contributed by atoms with Crippen LogP contribution in [0.5, 0.6) is 11.5 Å². The number of aromatic hydroxyl groups is 1. The first-order chi connectivity index (χ1) is 14.3. The number of phenolic OH excluding ortho intramolecular Hbond substituents is 1. The van der Waals surface area contributed by atoms with Crippen LogP contribution >= 0.6 is 11.8 Å². The molecule has 0 atom stereocenters. The van der Waals surface area contributed by atoms with Gasteiger partial charge in [-0.3, -0.25) is 14.5 Å². The van der Waals surface area contributed by atoms with Crippen LogP contribution in [-0.2, 0) is 25.0 Å². The molecule has 4 rings (SSSR count). The maximum absolute atomic E-state index is 11.7. The van der Waals surface area contributed by atoms with E-state index in [2.05, 4.69) is 4.98 Å². The number of ether oxygens (including phenoxy) is 1. The van der Waals surface area contributed by atoms with Crippen LogP contribution in [0.25, 0.3) is 11.0 Å². The molecule has 1 aromatic heterocycles. The summed E-state index contributed by atoms with van der Waals surface area (Å²) in [6, 6.07) is 7.35. The van der Waals surface area contributed by atoms with Crippen LogP contribution in [0.15, 0.2) is 24.3 Å². The van der Waals surface area contributed by atoms with Crippen molar-refractivity contribution in [2.24, 2.45) is 7.05 Å². The van der Waals surface area contributed by atoms with Crippen molar-refractivity contribution < 1.29 is 19.4 Å². The van der Waals surface area contributed by atoms with Gasteiger partial charge in [-0.05, 0) is 49.6 Å². The molecule has 8 heteroatoms. The maximum Gasteiger partial charge on any atom is 0.289 e. The van der Waals surface area contributed by atoms with Crippen LogP contribution in [0.2, 0.25) is 0 Å². The number of thioether (sulfide) groups is 1. The summed E-state index contributed by atoms with van der Waals surface area (Å²) in [7, 11) is 1.95. The van der Waals surface area contributed by atoms with Gasteiger partial charge in [0.15, 0.2) is 0 Å². The zero-order chi connectivity index (χ0) is 21.6. The molecule has 1 aliphatic rings. The molecule has 1 fully saturated rings. The Morgan fingerprint density at radius 1 is 1.10 bits per heavy atom. The van der Waals surface area contributed by atoms with Crippen molar-refractivity contribution in [1.82, 2.24) is 14.5 Å². The minimum atomic E-state index is -0.200. The van der Waals surface area contributed by atoms with Gasteiger partial charge in [0.05, 0.1) is 23.3 Å². The van der Waals surface area contributed by atoms with E-state index >= 15 is 0 Å². The van der Waals surface area contributed by atoms with Crippen LogP contribution in [0.1, 0.15) is 28.1 Å². The number of imide groups is 1. The number of hydrogen-bond donors (Lipinski definition) is 1. The highest BCUT2D eigenvalue weighted by molar-refractivity contribution is 8.14. The molecule has 0 saturated carbocycles. The highest BCUT2D eigenvalue weighted by Gasteiger charge is 2.29. The monoisotopic (exact) mass is 425 g/mol. The Labute approximate surface area is 178 Å². The number of carbonyl (C=O) groups excluding carboxylic acids is 2. The van der Waals surface area contributed by atoms with Gasteiger partial charge in [0.1, 0.15) is 23.9 Å². The molecule has 3 aromatic rings. The Bertz CT molecular complexity index is 1150. The molecule has 2 aromatic carbocycles. The minimum absolute atomic E-state index is 0.154.